The highest BCUT2D eigenvalue weighted by Gasteiger charge is 2.22. The van der Waals surface area contributed by atoms with Gasteiger partial charge in [0.25, 0.3) is 0 Å². The molecule has 0 bridgehead atoms. The molecule has 0 amide bonds. The van der Waals surface area contributed by atoms with Crippen molar-refractivity contribution in [2.75, 3.05) is 49.7 Å². The van der Waals surface area contributed by atoms with Gasteiger partial charge in [0.1, 0.15) is 5.82 Å². The van der Waals surface area contributed by atoms with Crippen LogP contribution in [0, 0.1) is 0 Å². The third kappa shape index (κ3) is 4.54. The molecule has 0 unspecified atom stereocenters. The van der Waals surface area contributed by atoms with Crippen LogP contribution in [0.2, 0.25) is 0 Å². The van der Waals surface area contributed by atoms with Gasteiger partial charge >= 0.3 is 0 Å². The summed E-state index contributed by atoms with van der Waals surface area (Å²) >= 11 is 0. The molecule has 128 valence electrons. The summed E-state index contributed by atoms with van der Waals surface area (Å²) in [5, 5.41) is 12.2. The molecule has 3 rings (SSSR count). The average molecular weight is 320 g/mol. The first-order chi connectivity index (χ1) is 11.4. The van der Waals surface area contributed by atoms with Crippen LogP contribution < -0.4 is 10.2 Å². The molecule has 2 saturated heterocycles. The Morgan fingerprint density at radius 2 is 1.96 bits per heavy atom. The highest BCUT2D eigenvalue weighted by molar-refractivity contribution is 5.46. The summed E-state index contributed by atoms with van der Waals surface area (Å²) in [6.45, 7) is 4.25. The highest BCUT2D eigenvalue weighted by Crippen LogP contribution is 2.28. The maximum Gasteiger partial charge on any atom is 0.224 e. The van der Waals surface area contributed by atoms with E-state index >= 15 is 0 Å². The Bertz CT molecular complexity index is 483. The maximum atomic E-state index is 9.05. The first kappa shape index (κ1) is 16.5. The predicted molar refractivity (Wildman–Crippen MR) is 91.1 cm³/mol. The van der Waals surface area contributed by atoms with E-state index in [0.717, 1.165) is 44.2 Å². The summed E-state index contributed by atoms with van der Waals surface area (Å²) in [6.07, 6.45) is 7.44. The number of aromatic nitrogens is 2. The summed E-state index contributed by atoms with van der Waals surface area (Å²) < 4.78 is 5.52. The fraction of sp³-hybridized carbons (Fsp3) is 0.765. The summed E-state index contributed by atoms with van der Waals surface area (Å²) in [5.74, 6) is 2.01. The fourth-order valence-corrected chi connectivity index (χ4v) is 3.31. The number of aliphatic hydroxyl groups is 1. The van der Waals surface area contributed by atoms with Crippen LogP contribution in [0.5, 0.6) is 0 Å². The standard InChI is InChI=1S/C17H28N4O2/c22-10-7-18-17-19-15(14-6-11-23-13-14)12-16(20-17)21-8-4-2-1-3-5-9-21/h12,14,22H,1-11,13H2,(H,18,19,20)/t14-/m1/s1. The molecule has 6 heteroatoms. The number of aliphatic hydroxyl groups excluding tert-OH is 1. The van der Waals surface area contributed by atoms with E-state index in [1.807, 2.05) is 0 Å². The molecular formula is C17H28N4O2. The van der Waals surface area contributed by atoms with E-state index in [1.54, 1.807) is 0 Å². The first-order valence-electron chi connectivity index (χ1n) is 8.93. The van der Waals surface area contributed by atoms with E-state index in [4.69, 9.17) is 14.8 Å². The number of anilines is 2. The fourth-order valence-electron chi connectivity index (χ4n) is 3.31. The smallest absolute Gasteiger partial charge is 0.224 e. The minimum absolute atomic E-state index is 0.0825. The van der Waals surface area contributed by atoms with Gasteiger partial charge in [-0.2, -0.15) is 4.98 Å². The van der Waals surface area contributed by atoms with Crippen LogP contribution in [0.25, 0.3) is 0 Å². The molecule has 3 heterocycles. The Morgan fingerprint density at radius 1 is 1.17 bits per heavy atom. The van der Waals surface area contributed by atoms with Crippen LogP contribution in [-0.4, -0.2) is 54.5 Å². The highest BCUT2D eigenvalue weighted by atomic mass is 16.5. The van der Waals surface area contributed by atoms with Gasteiger partial charge in [0.2, 0.25) is 5.95 Å². The molecule has 6 nitrogen and oxygen atoms in total. The van der Waals surface area contributed by atoms with Crippen molar-refractivity contribution in [3.63, 3.8) is 0 Å². The lowest BCUT2D eigenvalue weighted by Crippen LogP contribution is -2.28. The topological polar surface area (TPSA) is 70.5 Å². The van der Waals surface area contributed by atoms with Crippen LogP contribution in [0.15, 0.2) is 6.07 Å². The van der Waals surface area contributed by atoms with E-state index in [-0.39, 0.29) is 6.61 Å². The zero-order valence-electron chi connectivity index (χ0n) is 13.8. The largest absolute Gasteiger partial charge is 0.395 e. The van der Waals surface area contributed by atoms with Crippen molar-refractivity contribution in [2.24, 2.45) is 0 Å². The molecule has 0 radical (unpaired) electrons. The molecule has 2 N–H and O–H groups in total. The van der Waals surface area contributed by atoms with Gasteiger partial charge in [-0.25, -0.2) is 4.98 Å². The summed E-state index contributed by atoms with van der Waals surface area (Å²) in [4.78, 5) is 11.7. The van der Waals surface area contributed by atoms with Gasteiger partial charge in [0, 0.05) is 38.2 Å². The van der Waals surface area contributed by atoms with Crippen molar-refractivity contribution in [3.05, 3.63) is 11.8 Å². The number of nitrogens with zero attached hydrogens (tertiary/aromatic N) is 3. The molecule has 1 aromatic rings. The molecule has 0 saturated carbocycles. The van der Waals surface area contributed by atoms with Crippen molar-refractivity contribution in [1.29, 1.82) is 0 Å². The van der Waals surface area contributed by atoms with Crippen molar-refractivity contribution in [1.82, 2.24) is 9.97 Å². The molecule has 2 fully saturated rings. The van der Waals surface area contributed by atoms with Crippen molar-refractivity contribution in [2.45, 2.75) is 44.4 Å². The molecule has 1 atom stereocenters. The minimum Gasteiger partial charge on any atom is -0.395 e. The quantitative estimate of drug-likeness (QED) is 0.866. The molecule has 2 aliphatic heterocycles. The van der Waals surface area contributed by atoms with Crippen LogP contribution in [0.1, 0.15) is 50.1 Å². The van der Waals surface area contributed by atoms with Crippen LogP contribution >= 0.6 is 0 Å². The molecule has 0 aliphatic carbocycles. The van der Waals surface area contributed by atoms with Crippen molar-refractivity contribution < 1.29 is 9.84 Å². The number of rotatable bonds is 5. The van der Waals surface area contributed by atoms with Crippen LogP contribution in [0.4, 0.5) is 11.8 Å². The van der Waals surface area contributed by atoms with Gasteiger partial charge in [0.15, 0.2) is 0 Å². The third-order valence-electron chi connectivity index (χ3n) is 4.66. The van der Waals surface area contributed by atoms with Gasteiger partial charge in [-0.15, -0.1) is 0 Å². The molecule has 1 aromatic heterocycles. The summed E-state index contributed by atoms with van der Waals surface area (Å²) in [5.41, 5.74) is 1.06. The second kappa shape index (κ2) is 8.45. The number of ether oxygens (including phenoxy) is 1. The summed E-state index contributed by atoms with van der Waals surface area (Å²) in [6, 6.07) is 2.14. The maximum absolute atomic E-state index is 9.05. The lowest BCUT2D eigenvalue weighted by molar-refractivity contribution is 0.193. The number of hydrogen-bond donors (Lipinski definition) is 2. The van der Waals surface area contributed by atoms with Gasteiger partial charge in [-0.05, 0) is 19.3 Å². The average Bonchev–Trinajstić information content (AvgIpc) is 3.07. The second-order valence-electron chi connectivity index (χ2n) is 6.44. The van der Waals surface area contributed by atoms with Crippen LogP contribution in [-0.2, 0) is 4.74 Å². The Hall–Kier alpha value is -1.40. The first-order valence-corrected chi connectivity index (χ1v) is 8.93. The van der Waals surface area contributed by atoms with E-state index in [1.165, 1.54) is 32.1 Å². The van der Waals surface area contributed by atoms with E-state index in [0.29, 0.717) is 18.4 Å². The Balaban J connectivity index is 1.82. The molecular weight excluding hydrogens is 292 g/mol. The van der Waals surface area contributed by atoms with Crippen LogP contribution in [0.3, 0.4) is 0 Å². The van der Waals surface area contributed by atoms with E-state index in [2.05, 4.69) is 21.3 Å². The lowest BCUT2D eigenvalue weighted by Gasteiger charge is -2.27. The molecule has 0 aromatic carbocycles. The van der Waals surface area contributed by atoms with E-state index < -0.39 is 0 Å². The zero-order valence-corrected chi connectivity index (χ0v) is 13.8. The third-order valence-corrected chi connectivity index (χ3v) is 4.66. The molecule has 0 spiro atoms. The SMILES string of the molecule is OCCNc1nc([C@@H]2CCOC2)cc(N2CCCCCCC2)n1. The molecule has 2 aliphatic rings. The summed E-state index contributed by atoms with van der Waals surface area (Å²) in [7, 11) is 0. The van der Waals surface area contributed by atoms with Gasteiger partial charge < -0.3 is 20.1 Å². The minimum atomic E-state index is 0.0825. The van der Waals surface area contributed by atoms with Crippen molar-refractivity contribution >= 4 is 11.8 Å². The zero-order chi connectivity index (χ0) is 15.9. The Morgan fingerprint density at radius 3 is 2.65 bits per heavy atom. The molecule has 23 heavy (non-hydrogen) atoms. The normalized spacial score (nSPS) is 22.7. The lowest BCUT2D eigenvalue weighted by atomic mass is 10.0. The second-order valence-corrected chi connectivity index (χ2v) is 6.44. The predicted octanol–water partition coefficient (Wildman–Crippen LogP) is 2.16. The monoisotopic (exact) mass is 320 g/mol. The van der Waals surface area contributed by atoms with Gasteiger partial charge in [-0.1, -0.05) is 19.3 Å². The van der Waals surface area contributed by atoms with Crippen molar-refractivity contribution in [3.8, 4) is 0 Å². The van der Waals surface area contributed by atoms with E-state index in [9.17, 15) is 0 Å². The number of hydrogen-bond acceptors (Lipinski definition) is 6. The Kier molecular flexibility index (Phi) is 6.05. The Labute approximate surface area is 138 Å². The number of nitrogens with one attached hydrogen (secondary N) is 1. The van der Waals surface area contributed by atoms with Gasteiger partial charge in [0.05, 0.1) is 18.9 Å². The van der Waals surface area contributed by atoms with Gasteiger partial charge in [-0.3, -0.25) is 0 Å².